The predicted octanol–water partition coefficient (Wildman–Crippen LogP) is 0.731. The molecule has 0 unspecified atom stereocenters. The van der Waals surface area contributed by atoms with Gasteiger partial charge < -0.3 is 11.1 Å². The van der Waals surface area contributed by atoms with E-state index in [0.29, 0.717) is 32.5 Å². The summed E-state index contributed by atoms with van der Waals surface area (Å²) in [5, 5.41) is 2.86. The third kappa shape index (κ3) is 6.76. The topological polar surface area (TPSA) is 101 Å². The molecule has 1 aliphatic rings. The van der Waals surface area contributed by atoms with Gasteiger partial charge in [-0.05, 0) is 38.1 Å². The summed E-state index contributed by atoms with van der Waals surface area (Å²) in [6, 6.07) is 0. The largest absolute Gasteiger partial charge is 0.356 e. The molecule has 21 heavy (non-hydrogen) atoms. The molecule has 6 nitrogen and oxygen atoms in total. The standard InChI is InChI=1S/C14H29N3O3S/c1-2-21(19,20)17-10-6-9-16-13(18)11-14(12-15)7-4-3-5-8-14/h17H,2-12,15H2,1H3,(H,16,18). The lowest BCUT2D eigenvalue weighted by Gasteiger charge is -2.35. The van der Waals surface area contributed by atoms with E-state index in [1.807, 2.05) is 0 Å². The Morgan fingerprint density at radius 2 is 1.86 bits per heavy atom. The smallest absolute Gasteiger partial charge is 0.220 e. The van der Waals surface area contributed by atoms with Gasteiger partial charge in [-0.3, -0.25) is 4.79 Å². The minimum Gasteiger partial charge on any atom is -0.356 e. The number of rotatable bonds is 9. The fourth-order valence-corrected chi connectivity index (χ4v) is 3.46. The number of amides is 1. The number of nitrogens with one attached hydrogen (secondary N) is 2. The van der Waals surface area contributed by atoms with Crippen molar-refractivity contribution in [3.63, 3.8) is 0 Å². The van der Waals surface area contributed by atoms with Crippen molar-refractivity contribution in [3.8, 4) is 0 Å². The van der Waals surface area contributed by atoms with Crippen LogP contribution >= 0.6 is 0 Å². The Morgan fingerprint density at radius 3 is 2.43 bits per heavy atom. The first kappa shape index (κ1) is 18.4. The molecule has 1 aliphatic carbocycles. The molecule has 0 heterocycles. The SMILES string of the molecule is CCS(=O)(=O)NCCCNC(=O)CC1(CN)CCCCC1. The number of nitrogens with two attached hydrogens (primary N) is 1. The zero-order chi connectivity index (χ0) is 15.8. The van der Waals surface area contributed by atoms with Crippen LogP contribution in [0.25, 0.3) is 0 Å². The van der Waals surface area contributed by atoms with E-state index in [9.17, 15) is 13.2 Å². The zero-order valence-electron chi connectivity index (χ0n) is 13.0. The molecule has 0 aromatic carbocycles. The Morgan fingerprint density at radius 1 is 1.19 bits per heavy atom. The summed E-state index contributed by atoms with van der Waals surface area (Å²) in [7, 11) is -3.14. The normalized spacial score (nSPS) is 18.4. The summed E-state index contributed by atoms with van der Waals surface area (Å²) in [4.78, 5) is 12.0. The molecule has 0 bridgehead atoms. The van der Waals surface area contributed by atoms with Crippen molar-refractivity contribution in [1.82, 2.24) is 10.0 Å². The summed E-state index contributed by atoms with van der Waals surface area (Å²) in [5.74, 6) is 0.110. The first-order valence-corrected chi connectivity index (χ1v) is 9.52. The lowest BCUT2D eigenvalue weighted by molar-refractivity contribution is -0.123. The molecule has 1 amide bonds. The molecule has 0 aromatic heterocycles. The van der Waals surface area contributed by atoms with Crippen LogP contribution in [0.2, 0.25) is 0 Å². The van der Waals surface area contributed by atoms with Crippen LogP contribution in [0.1, 0.15) is 51.9 Å². The Bertz CT molecular complexity index is 417. The molecule has 7 heteroatoms. The second-order valence-corrected chi connectivity index (χ2v) is 8.04. The summed E-state index contributed by atoms with van der Waals surface area (Å²) in [6.45, 7) is 3.02. The molecule has 0 spiro atoms. The lowest BCUT2D eigenvalue weighted by Crippen LogP contribution is -2.39. The average molecular weight is 319 g/mol. The van der Waals surface area contributed by atoms with Crippen LogP contribution in [0.5, 0.6) is 0 Å². The molecule has 1 fully saturated rings. The maximum Gasteiger partial charge on any atom is 0.220 e. The van der Waals surface area contributed by atoms with Crippen LogP contribution in [-0.2, 0) is 14.8 Å². The number of hydrogen-bond acceptors (Lipinski definition) is 4. The maximum absolute atomic E-state index is 12.0. The monoisotopic (exact) mass is 319 g/mol. The molecule has 4 N–H and O–H groups in total. The average Bonchev–Trinajstić information content (AvgIpc) is 2.47. The predicted molar refractivity (Wildman–Crippen MR) is 84.3 cm³/mol. The van der Waals surface area contributed by atoms with E-state index in [-0.39, 0.29) is 17.1 Å². The van der Waals surface area contributed by atoms with E-state index in [0.717, 1.165) is 25.7 Å². The van der Waals surface area contributed by atoms with Gasteiger partial charge in [-0.25, -0.2) is 13.1 Å². The van der Waals surface area contributed by atoms with E-state index < -0.39 is 10.0 Å². The quantitative estimate of drug-likeness (QED) is 0.545. The third-order valence-corrected chi connectivity index (χ3v) is 5.66. The fraction of sp³-hybridized carbons (Fsp3) is 0.929. The van der Waals surface area contributed by atoms with Crippen LogP contribution in [0.15, 0.2) is 0 Å². The van der Waals surface area contributed by atoms with E-state index in [4.69, 9.17) is 5.73 Å². The summed E-state index contributed by atoms with van der Waals surface area (Å²) >= 11 is 0. The van der Waals surface area contributed by atoms with Crippen molar-refractivity contribution < 1.29 is 13.2 Å². The molecule has 0 aliphatic heterocycles. The Kier molecular flexibility index (Phi) is 7.62. The van der Waals surface area contributed by atoms with Gasteiger partial charge in [0.25, 0.3) is 0 Å². The summed E-state index contributed by atoms with van der Waals surface area (Å²) < 4.78 is 24.9. The molecule has 124 valence electrons. The van der Waals surface area contributed by atoms with Gasteiger partial charge in [-0.2, -0.15) is 0 Å². The van der Waals surface area contributed by atoms with Crippen molar-refractivity contribution >= 4 is 15.9 Å². The molecular formula is C14H29N3O3S. The Labute approximate surface area is 128 Å². The van der Waals surface area contributed by atoms with E-state index in [1.165, 1.54) is 6.42 Å². The lowest BCUT2D eigenvalue weighted by atomic mass is 9.71. The first-order chi connectivity index (χ1) is 9.93. The summed E-state index contributed by atoms with van der Waals surface area (Å²) in [6.07, 6.45) is 6.71. The molecule has 0 radical (unpaired) electrons. The second kappa shape index (κ2) is 8.70. The number of hydrogen-bond donors (Lipinski definition) is 3. The zero-order valence-corrected chi connectivity index (χ0v) is 13.8. The number of carbonyl (C=O) groups is 1. The molecule has 1 rings (SSSR count). The Hall–Kier alpha value is -0.660. The highest BCUT2D eigenvalue weighted by Gasteiger charge is 2.32. The van der Waals surface area contributed by atoms with Crippen molar-refractivity contribution in [3.05, 3.63) is 0 Å². The first-order valence-electron chi connectivity index (χ1n) is 7.87. The van der Waals surface area contributed by atoms with Crippen molar-refractivity contribution in [2.45, 2.75) is 51.9 Å². The van der Waals surface area contributed by atoms with Gasteiger partial charge in [0, 0.05) is 19.5 Å². The van der Waals surface area contributed by atoms with Gasteiger partial charge in [0.05, 0.1) is 5.75 Å². The van der Waals surface area contributed by atoms with Crippen molar-refractivity contribution in [2.24, 2.45) is 11.1 Å². The highest BCUT2D eigenvalue weighted by molar-refractivity contribution is 7.89. The van der Waals surface area contributed by atoms with Gasteiger partial charge >= 0.3 is 0 Å². The van der Waals surface area contributed by atoms with Gasteiger partial charge in [-0.15, -0.1) is 0 Å². The number of sulfonamides is 1. The van der Waals surface area contributed by atoms with E-state index in [2.05, 4.69) is 10.0 Å². The minimum atomic E-state index is -3.14. The van der Waals surface area contributed by atoms with Gasteiger partial charge in [0.2, 0.25) is 15.9 Å². The number of carbonyl (C=O) groups excluding carboxylic acids is 1. The van der Waals surface area contributed by atoms with Gasteiger partial charge in [0.1, 0.15) is 0 Å². The molecule has 0 aromatic rings. The molecule has 0 atom stereocenters. The van der Waals surface area contributed by atoms with Gasteiger partial charge in [-0.1, -0.05) is 19.3 Å². The minimum absolute atomic E-state index is 0.0217. The highest BCUT2D eigenvalue weighted by atomic mass is 32.2. The van der Waals surface area contributed by atoms with Gasteiger partial charge in [0.15, 0.2) is 0 Å². The molecule has 1 saturated carbocycles. The maximum atomic E-state index is 12.0. The van der Waals surface area contributed by atoms with Crippen LogP contribution in [0.4, 0.5) is 0 Å². The van der Waals surface area contributed by atoms with E-state index in [1.54, 1.807) is 6.92 Å². The van der Waals surface area contributed by atoms with Crippen LogP contribution in [0, 0.1) is 5.41 Å². The van der Waals surface area contributed by atoms with Crippen LogP contribution < -0.4 is 15.8 Å². The van der Waals surface area contributed by atoms with E-state index >= 15 is 0 Å². The highest BCUT2D eigenvalue weighted by Crippen LogP contribution is 2.38. The third-order valence-electron chi connectivity index (χ3n) is 4.26. The molecular weight excluding hydrogens is 290 g/mol. The second-order valence-electron chi connectivity index (χ2n) is 5.94. The molecule has 0 saturated heterocycles. The van der Waals surface area contributed by atoms with Crippen LogP contribution in [-0.4, -0.2) is 39.7 Å². The summed E-state index contributed by atoms with van der Waals surface area (Å²) in [5.41, 5.74) is 5.85. The van der Waals surface area contributed by atoms with Crippen molar-refractivity contribution in [2.75, 3.05) is 25.4 Å². The Balaban J connectivity index is 2.21. The van der Waals surface area contributed by atoms with Crippen molar-refractivity contribution in [1.29, 1.82) is 0 Å². The fourth-order valence-electron chi connectivity index (χ4n) is 2.80. The van der Waals surface area contributed by atoms with Crippen LogP contribution in [0.3, 0.4) is 0 Å².